The van der Waals surface area contributed by atoms with Gasteiger partial charge in [0.05, 0.1) is 6.42 Å². The summed E-state index contributed by atoms with van der Waals surface area (Å²) in [5.74, 6) is -0.835. The van der Waals surface area contributed by atoms with Crippen molar-refractivity contribution >= 4 is 22.0 Å². The Hall–Kier alpha value is -1.61. The van der Waals surface area contributed by atoms with Gasteiger partial charge in [0.1, 0.15) is 0 Å². The molecule has 1 rings (SSSR count). The molecular formula is C9H16N4O4S. The van der Waals surface area contributed by atoms with Crippen LogP contribution in [0.15, 0.2) is 0 Å². The quantitative estimate of drug-likeness (QED) is 0.681. The van der Waals surface area contributed by atoms with Gasteiger partial charge in [0.15, 0.2) is 5.82 Å². The number of aryl methyl sites for hydroxylation is 1. The predicted octanol–water partition coefficient (Wildman–Crippen LogP) is 0.0897. The Labute approximate surface area is 105 Å². The number of anilines is 1. The van der Waals surface area contributed by atoms with Crippen molar-refractivity contribution in [3.63, 3.8) is 0 Å². The highest BCUT2D eigenvalue weighted by Crippen LogP contribution is 2.16. The van der Waals surface area contributed by atoms with Gasteiger partial charge in [-0.05, 0) is 13.8 Å². The Balaban J connectivity index is 2.75. The molecule has 0 aromatic carbocycles. The lowest BCUT2D eigenvalue weighted by molar-refractivity contribution is -0.137. The normalized spacial score (nSPS) is 11.8. The number of carbonyl (C=O) groups is 1. The monoisotopic (exact) mass is 276 g/mol. The number of aliphatic carboxylic acids is 1. The summed E-state index contributed by atoms with van der Waals surface area (Å²) in [5, 5.41) is 15.0. The maximum atomic E-state index is 11.8. The molecule has 0 fully saturated rings. The van der Waals surface area contributed by atoms with Gasteiger partial charge in [-0.15, -0.1) is 0 Å². The fourth-order valence-corrected chi connectivity index (χ4v) is 2.09. The standard InChI is InChI=1S/C9H16N4O4S/c1-6-7(2)10-11-9(6)12-18(16,17)13(3)5-4-8(14)15/h4-5H2,1-3H3,(H,14,15)(H2,10,11,12). The number of rotatable bonds is 6. The second kappa shape index (κ2) is 5.36. The smallest absolute Gasteiger partial charge is 0.304 e. The highest BCUT2D eigenvalue weighted by atomic mass is 32.2. The molecule has 1 aromatic heterocycles. The maximum Gasteiger partial charge on any atom is 0.304 e. The second-order valence-corrected chi connectivity index (χ2v) is 5.67. The molecule has 1 heterocycles. The molecule has 0 atom stereocenters. The van der Waals surface area contributed by atoms with Crippen LogP contribution in [-0.2, 0) is 15.0 Å². The molecule has 0 unspecified atom stereocenters. The topological polar surface area (TPSA) is 115 Å². The van der Waals surface area contributed by atoms with Crippen LogP contribution in [0, 0.1) is 13.8 Å². The number of carboxylic acid groups (broad SMARTS) is 1. The van der Waals surface area contributed by atoms with Gasteiger partial charge in [-0.2, -0.15) is 17.8 Å². The molecule has 0 saturated carbocycles. The van der Waals surface area contributed by atoms with Crippen LogP contribution in [0.5, 0.6) is 0 Å². The highest BCUT2D eigenvalue weighted by Gasteiger charge is 2.20. The van der Waals surface area contributed by atoms with Crippen molar-refractivity contribution < 1.29 is 18.3 Å². The molecule has 0 saturated heterocycles. The molecular weight excluding hydrogens is 260 g/mol. The Morgan fingerprint density at radius 1 is 1.50 bits per heavy atom. The average molecular weight is 276 g/mol. The number of aromatic nitrogens is 2. The van der Waals surface area contributed by atoms with Crippen LogP contribution in [0.3, 0.4) is 0 Å². The average Bonchev–Trinajstić information content (AvgIpc) is 2.57. The summed E-state index contributed by atoms with van der Waals surface area (Å²) in [5.41, 5.74) is 1.46. The van der Waals surface area contributed by atoms with Crippen LogP contribution in [-0.4, -0.2) is 47.6 Å². The van der Waals surface area contributed by atoms with E-state index < -0.39 is 16.2 Å². The summed E-state index contributed by atoms with van der Waals surface area (Å²) < 4.78 is 26.9. The van der Waals surface area contributed by atoms with Crippen molar-refractivity contribution in [2.45, 2.75) is 20.3 Å². The van der Waals surface area contributed by atoms with Crippen LogP contribution in [0.4, 0.5) is 5.82 Å². The molecule has 0 aliphatic heterocycles. The molecule has 102 valence electrons. The van der Waals surface area contributed by atoms with Crippen molar-refractivity contribution in [2.24, 2.45) is 0 Å². The molecule has 0 spiro atoms. The van der Waals surface area contributed by atoms with Gasteiger partial charge in [0.25, 0.3) is 0 Å². The fourth-order valence-electron chi connectivity index (χ4n) is 1.16. The molecule has 0 radical (unpaired) electrons. The van der Waals surface area contributed by atoms with E-state index in [2.05, 4.69) is 14.9 Å². The summed E-state index contributed by atoms with van der Waals surface area (Å²) in [6, 6.07) is 0. The van der Waals surface area contributed by atoms with Gasteiger partial charge in [0, 0.05) is 24.8 Å². The predicted molar refractivity (Wildman–Crippen MR) is 65.5 cm³/mol. The van der Waals surface area contributed by atoms with Crippen molar-refractivity contribution in [3.8, 4) is 0 Å². The molecule has 0 aliphatic rings. The van der Waals surface area contributed by atoms with Crippen LogP contribution in [0.2, 0.25) is 0 Å². The lowest BCUT2D eigenvalue weighted by Crippen LogP contribution is -2.34. The zero-order chi connectivity index (χ0) is 13.9. The lowest BCUT2D eigenvalue weighted by atomic mass is 10.3. The Morgan fingerprint density at radius 2 is 2.11 bits per heavy atom. The van der Waals surface area contributed by atoms with E-state index in [1.807, 2.05) is 0 Å². The molecule has 0 bridgehead atoms. The lowest BCUT2D eigenvalue weighted by Gasteiger charge is -2.16. The van der Waals surface area contributed by atoms with Crippen LogP contribution in [0.25, 0.3) is 0 Å². The first-order valence-electron chi connectivity index (χ1n) is 5.21. The SMILES string of the molecule is Cc1[nH]nc(NS(=O)(=O)N(C)CCC(=O)O)c1C. The highest BCUT2D eigenvalue weighted by molar-refractivity contribution is 7.90. The fraction of sp³-hybridized carbons (Fsp3) is 0.556. The summed E-state index contributed by atoms with van der Waals surface area (Å²) in [7, 11) is -2.47. The number of hydrogen-bond acceptors (Lipinski definition) is 4. The van der Waals surface area contributed by atoms with E-state index in [1.165, 1.54) is 7.05 Å². The first-order valence-corrected chi connectivity index (χ1v) is 6.65. The third kappa shape index (κ3) is 3.44. The third-order valence-corrected chi connectivity index (χ3v) is 3.98. The first-order chi connectivity index (χ1) is 8.24. The zero-order valence-corrected chi connectivity index (χ0v) is 11.2. The van der Waals surface area contributed by atoms with Gasteiger partial charge in [0.2, 0.25) is 0 Å². The summed E-state index contributed by atoms with van der Waals surface area (Å²) >= 11 is 0. The second-order valence-electron chi connectivity index (χ2n) is 3.89. The minimum absolute atomic E-state index is 0.104. The number of carboxylic acids is 1. The van der Waals surface area contributed by atoms with Crippen molar-refractivity contribution in [2.75, 3.05) is 18.3 Å². The van der Waals surface area contributed by atoms with Crippen LogP contribution < -0.4 is 4.72 Å². The molecule has 0 amide bonds. The number of hydrogen-bond donors (Lipinski definition) is 3. The van der Waals surface area contributed by atoms with E-state index in [-0.39, 0.29) is 18.8 Å². The molecule has 8 nitrogen and oxygen atoms in total. The van der Waals surface area contributed by atoms with E-state index in [1.54, 1.807) is 13.8 Å². The number of nitrogens with one attached hydrogen (secondary N) is 2. The molecule has 3 N–H and O–H groups in total. The van der Waals surface area contributed by atoms with Crippen molar-refractivity contribution in [3.05, 3.63) is 11.3 Å². The van der Waals surface area contributed by atoms with Gasteiger partial charge in [-0.3, -0.25) is 14.6 Å². The number of H-pyrrole nitrogens is 1. The van der Waals surface area contributed by atoms with E-state index in [0.717, 1.165) is 10.00 Å². The zero-order valence-electron chi connectivity index (χ0n) is 10.4. The van der Waals surface area contributed by atoms with Crippen LogP contribution in [0.1, 0.15) is 17.7 Å². The van der Waals surface area contributed by atoms with E-state index >= 15 is 0 Å². The summed E-state index contributed by atoms with van der Waals surface area (Å²) in [6.45, 7) is 3.40. The largest absolute Gasteiger partial charge is 0.481 e. The molecule has 9 heteroatoms. The first kappa shape index (κ1) is 14.5. The maximum absolute atomic E-state index is 11.8. The van der Waals surface area contributed by atoms with Gasteiger partial charge in [-0.1, -0.05) is 0 Å². The number of aromatic amines is 1. The summed E-state index contributed by atoms with van der Waals surface area (Å²) in [6.07, 6.45) is -0.254. The van der Waals surface area contributed by atoms with Gasteiger partial charge < -0.3 is 5.11 Å². The van der Waals surface area contributed by atoms with E-state index in [9.17, 15) is 13.2 Å². The van der Waals surface area contributed by atoms with Crippen molar-refractivity contribution in [1.29, 1.82) is 0 Å². The third-order valence-electron chi connectivity index (χ3n) is 2.53. The summed E-state index contributed by atoms with van der Waals surface area (Å²) in [4.78, 5) is 10.4. The van der Waals surface area contributed by atoms with E-state index in [0.29, 0.717) is 5.56 Å². The minimum Gasteiger partial charge on any atom is -0.481 e. The Morgan fingerprint density at radius 3 is 2.56 bits per heavy atom. The Bertz CT molecular complexity index is 537. The van der Waals surface area contributed by atoms with E-state index in [4.69, 9.17) is 5.11 Å². The Kier molecular flexibility index (Phi) is 4.30. The number of nitrogens with zero attached hydrogens (tertiary/aromatic N) is 2. The molecule has 0 aliphatic carbocycles. The van der Waals surface area contributed by atoms with Crippen LogP contribution >= 0.6 is 0 Å². The van der Waals surface area contributed by atoms with Gasteiger partial charge in [-0.25, -0.2) is 0 Å². The molecule has 18 heavy (non-hydrogen) atoms. The molecule has 1 aromatic rings. The minimum atomic E-state index is -3.78. The van der Waals surface area contributed by atoms with Gasteiger partial charge >= 0.3 is 16.2 Å². The van der Waals surface area contributed by atoms with Crippen molar-refractivity contribution in [1.82, 2.24) is 14.5 Å².